The van der Waals surface area contributed by atoms with Crippen LogP contribution >= 0.6 is 11.3 Å². The molecule has 2 amide bonds. The molecule has 0 aliphatic carbocycles. The molecule has 1 fully saturated rings. The van der Waals surface area contributed by atoms with Gasteiger partial charge in [-0.15, -0.1) is 11.3 Å². The second kappa shape index (κ2) is 8.11. The Hall–Kier alpha value is -2.41. The maximum atomic E-state index is 12.4. The number of phenols is 1. The standard InChI is InChI=1S/C18H21N3O3S/c22-15-4-2-1-3-13(15)5-6-16(23)21-10-7-14(8-11-21)17(24)20-18-19-9-12-25-18/h1-4,9,12,14,22H,5-8,10-11H2,(H,19,20,24). The topological polar surface area (TPSA) is 82.5 Å². The number of piperidine rings is 1. The van der Waals surface area contributed by atoms with Gasteiger partial charge in [0.15, 0.2) is 5.13 Å². The second-order valence-corrected chi connectivity index (χ2v) is 7.00. The third-order valence-corrected chi connectivity index (χ3v) is 5.17. The molecule has 0 radical (unpaired) electrons. The number of aromatic hydroxyl groups is 1. The highest BCUT2D eigenvalue weighted by atomic mass is 32.1. The number of hydrogen-bond donors (Lipinski definition) is 2. The van der Waals surface area contributed by atoms with Gasteiger partial charge in [0.05, 0.1) is 0 Å². The molecule has 3 rings (SSSR count). The van der Waals surface area contributed by atoms with Crippen molar-refractivity contribution < 1.29 is 14.7 Å². The fraction of sp³-hybridized carbons (Fsp3) is 0.389. The molecule has 0 unspecified atom stereocenters. The molecular weight excluding hydrogens is 338 g/mol. The van der Waals surface area contributed by atoms with E-state index in [4.69, 9.17) is 0 Å². The highest BCUT2D eigenvalue weighted by Crippen LogP contribution is 2.22. The van der Waals surface area contributed by atoms with E-state index >= 15 is 0 Å². The molecule has 132 valence electrons. The summed E-state index contributed by atoms with van der Waals surface area (Å²) in [6, 6.07) is 7.08. The van der Waals surface area contributed by atoms with Crippen molar-refractivity contribution in [1.29, 1.82) is 0 Å². The number of anilines is 1. The summed E-state index contributed by atoms with van der Waals surface area (Å²) in [5.74, 6) is 0.206. The van der Waals surface area contributed by atoms with Crippen molar-refractivity contribution in [3.63, 3.8) is 0 Å². The number of nitrogens with zero attached hydrogens (tertiary/aromatic N) is 2. The van der Waals surface area contributed by atoms with E-state index in [1.165, 1.54) is 11.3 Å². The molecule has 2 aromatic rings. The van der Waals surface area contributed by atoms with Gasteiger partial charge in [-0.25, -0.2) is 4.98 Å². The number of para-hydroxylation sites is 1. The Kier molecular flexibility index (Phi) is 5.65. The van der Waals surface area contributed by atoms with Crippen LogP contribution in [0.25, 0.3) is 0 Å². The maximum Gasteiger partial charge on any atom is 0.229 e. The lowest BCUT2D eigenvalue weighted by atomic mass is 9.95. The molecule has 0 atom stereocenters. The van der Waals surface area contributed by atoms with Crippen LogP contribution in [0.1, 0.15) is 24.8 Å². The Morgan fingerprint density at radius 2 is 2.04 bits per heavy atom. The van der Waals surface area contributed by atoms with E-state index in [2.05, 4.69) is 10.3 Å². The van der Waals surface area contributed by atoms with Crippen molar-refractivity contribution >= 4 is 28.3 Å². The molecule has 25 heavy (non-hydrogen) atoms. The molecule has 1 saturated heterocycles. The summed E-state index contributed by atoms with van der Waals surface area (Å²) in [7, 11) is 0. The molecule has 1 aliphatic rings. The van der Waals surface area contributed by atoms with Crippen molar-refractivity contribution in [2.45, 2.75) is 25.7 Å². The summed E-state index contributed by atoms with van der Waals surface area (Å²) in [5.41, 5.74) is 0.786. The minimum atomic E-state index is -0.0777. The highest BCUT2D eigenvalue weighted by Gasteiger charge is 2.27. The average molecular weight is 359 g/mol. The normalized spacial score (nSPS) is 15.1. The van der Waals surface area contributed by atoms with Gasteiger partial charge in [-0.3, -0.25) is 9.59 Å². The summed E-state index contributed by atoms with van der Waals surface area (Å²) in [5, 5.41) is 15.0. The maximum absolute atomic E-state index is 12.4. The van der Waals surface area contributed by atoms with Crippen LogP contribution in [0, 0.1) is 5.92 Å². The number of nitrogens with one attached hydrogen (secondary N) is 1. The first-order chi connectivity index (χ1) is 12.1. The molecular formula is C18H21N3O3S. The lowest BCUT2D eigenvalue weighted by Crippen LogP contribution is -2.41. The van der Waals surface area contributed by atoms with Crippen molar-refractivity contribution in [3.05, 3.63) is 41.4 Å². The van der Waals surface area contributed by atoms with E-state index in [0.29, 0.717) is 43.9 Å². The molecule has 1 aromatic heterocycles. The number of rotatable bonds is 5. The summed E-state index contributed by atoms with van der Waals surface area (Å²) in [6.45, 7) is 1.19. The number of carbonyl (C=O) groups excluding carboxylic acids is 2. The van der Waals surface area contributed by atoms with Gasteiger partial charge in [-0.1, -0.05) is 18.2 Å². The minimum Gasteiger partial charge on any atom is -0.508 e. The number of amides is 2. The van der Waals surface area contributed by atoms with Gasteiger partial charge in [0.1, 0.15) is 5.75 Å². The van der Waals surface area contributed by atoms with Crippen LogP contribution in [0.4, 0.5) is 5.13 Å². The van der Waals surface area contributed by atoms with Crippen LogP contribution < -0.4 is 5.32 Å². The number of hydrogen-bond acceptors (Lipinski definition) is 5. The van der Waals surface area contributed by atoms with E-state index in [-0.39, 0.29) is 23.5 Å². The summed E-state index contributed by atoms with van der Waals surface area (Å²) in [4.78, 5) is 30.4. The van der Waals surface area contributed by atoms with Crippen LogP contribution in [-0.2, 0) is 16.0 Å². The van der Waals surface area contributed by atoms with Crippen LogP contribution in [0.15, 0.2) is 35.8 Å². The number of thiazole rings is 1. The first-order valence-corrected chi connectivity index (χ1v) is 9.26. The van der Waals surface area contributed by atoms with E-state index in [1.54, 1.807) is 18.3 Å². The van der Waals surface area contributed by atoms with Gasteiger partial charge in [0, 0.05) is 37.0 Å². The quantitative estimate of drug-likeness (QED) is 0.860. The number of aromatic nitrogens is 1. The fourth-order valence-corrected chi connectivity index (χ4v) is 3.54. The lowest BCUT2D eigenvalue weighted by molar-refractivity contribution is -0.134. The highest BCUT2D eigenvalue weighted by molar-refractivity contribution is 7.13. The van der Waals surface area contributed by atoms with E-state index in [9.17, 15) is 14.7 Å². The Morgan fingerprint density at radius 3 is 2.72 bits per heavy atom. The molecule has 0 bridgehead atoms. The molecule has 1 aliphatic heterocycles. The zero-order chi connectivity index (χ0) is 17.6. The number of carbonyl (C=O) groups is 2. The van der Waals surface area contributed by atoms with Gasteiger partial charge >= 0.3 is 0 Å². The summed E-state index contributed by atoms with van der Waals surface area (Å²) in [6.07, 6.45) is 3.88. The molecule has 2 N–H and O–H groups in total. The molecule has 2 heterocycles. The van der Waals surface area contributed by atoms with E-state index < -0.39 is 0 Å². The predicted molar refractivity (Wildman–Crippen MR) is 96.5 cm³/mol. The van der Waals surface area contributed by atoms with E-state index in [0.717, 1.165) is 5.56 Å². The molecule has 0 saturated carbocycles. The second-order valence-electron chi connectivity index (χ2n) is 6.11. The van der Waals surface area contributed by atoms with Crippen LogP contribution in [0.2, 0.25) is 0 Å². The zero-order valence-corrected chi connectivity index (χ0v) is 14.7. The van der Waals surface area contributed by atoms with E-state index in [1.807, 2.05) is 22.4 Å². The van der Waals surface area contributed by atoms with Crippen molar-refractivity contribution in [3.8, 4) is 5.75 Å². The third kappa shape index (κ3) is 4.57. The first kappa shape index (κ1) is 17.4. The van der Waals surface area contributed by atoms with Gasteiger partial charge < -0.3 is 15.3 Å². The SMILES string of the molecule is O=C(Nc1nccs1)C1CCN(C(=O)CCc2ccccc2O)CC1. The zero-order valence-electron chi connectivity index (χ0n) is 13.9. The summed E-state index contributed by atoms with van der Waals surface area (Å²) < 4.78 is 0. The fourth-order valence-electron chi connectivity index (χ4n) is 3.01. The van der Waals surface area contributed by atoms with Gasteiger partial charge in [-0.2, -0.15) is 0 Å². The van der Waals surface area contributed by atoms with Crippen molar-refractivity contribution in [2.24, 2.45) is 5.92 Å². The number of phenolic OH excluding ortho intramolecular Hbond substituents is 1. The van der Waals surface area contributed by atoms with Crippen LogP contribution in [0.5, 0.6) is 5.75 Å². The van der Waals surface area contributed by atoms with Gasteiger partial charge in [-0.05, 0) is 30.9 Å². The smallest absolute Gasteiger partial charge is 0.229 e. The Balaban J connectivity index is 1.44. The molecule has 7 heteroatoms. The monoisotopic (exact) mass is 359 g/mol. The Morgan fingerprint density at radius 1 is 1.28 bits per heavy atom. The van der Waals surface area contributed by atoms with Crippen molar-refractivity contribution in [2.75, 3.05) is 18.4 Å². The minimum absolute atomic E-state index is 0.0174. The Labute approximate surface area is 150 Å². The van der Waals surface area contributed by atoms with Crippen LogP contribution in [0.3, 0.4) is 0 Å². The van der Waals surface area contributed by atoms with Gasteiger partial charge in [0.2, 0.25) is 11.8 Å². The first-order valence-electron chi connectivity index (χ1n) is 8.38. The lowest BCUT2D eigenvalue weighted by Gasteiger charge is -2.31. The van der Waals surface area contributed by atoms with Gasteiger partial charge in [0.25, 0.3) is 0 Å². The number of benzene rings is 1. The predicted octanol–water partition coefficient (Wildman–Crippen LogP) is 2.66. The number of likely N-dealkylation sites (tertiary alicyclic amines) is 1. The third-order valence-electron chi connectivity index (χ3n) is 4.48. The largest absolute Gasteiger partial charge is 0.508 e. The number of aryl methyl sites for hydroxylation is 1. The molecule has 6 nitrogen and oxygen atoms in total. The van der Waals surface area contributed by atoms with Crippen molar-refractivity contribution in [1.82, 2.24) is 9.88 Å². The molecule has 0 spiro atoms. The molecule has 1 aromatic carbocycles. The van der Waals surface area contributed by atoms with Crippen LogP contribution in [-0.4, -0.2) is 39.9 Å². The Bertz CT molecular complexity index is 725. The summed E-state index contributed by atoms with van der Waals surface area (Å²) >= 11 is 1.40. The average Bonchev–Trinajstić information content (AvgIpc) is 3.14.